The molecule has 0 radical (unpaired) electrons. The molecule has 0 amide bonds. The van der Waals surface area contributed by atoms with Crippen LogP contribution in [-0.4, -0.2) is 36.3 Å². The highest BCUT2D eigenvalue weighted by Crippen LogP contribution is 2.48. The summed E-state index contributed by atoms with van der Waals surface area (Å²) in [5.41, 5.74) is 0.409. The Morgan fingerprint density at radius 1 is 1.37 bits per heavy atom. The Labute approximate surface area is 115 Å². The Bertz CT molecular complexity index is 564. The smallest absolute Gasteiger partial charge is 0.258 e. The van der Waals surface area contributed by atoms with Gasteiger partial charge in [0.25, 0.3) is 5.95 Å². The van der Waals surface area contributed by atoms with E-state index in [-0.39, 0.29) is 5.28 Å². The van der Waals surface area contributed by atoms with Crippen LogP contribution >= 0.6 is 11.6 Å². The zero-order valence-electron chi connectivity index (χ0n) is 10.5. The summed E-state index contributed by atoms with van der Waals surface area (Å²) in [6.45, 7) is 3.07. The van der Waals surface area contributed by atoms with E-state index in [2.05, 4.69) is 37.3 Å². The van der Waals surface area contributed by atoms with Crippen LogP contribution < -0.4 is 5.32 Å². The van der Waals surface area contributed by atoms with Crippen molar-refractivity contribution in [2.75, 3.05) is 11.9 Å². The third-order valence-electron chi connectivity index (χ3n) is 3.55. The number of hydrogen-bond donors (Lipinski definition) is 1. The van der Waals surface area contributed by atoms with Gasteiger partial charge in [0.05, 0.1) is 0 Å². The van der Waals surface area contributed by atoms with Gasteiger partial charge >= 0.3 is 0 Å². The lowest BCUT2D eigenvalue weighted by Gasteiger charge is -2.13. The fraction of sp³-hybridized carbons (Fsp3) is 0.545. The van der Waals surface area contributed by atoms with Gasteiger partial charge in [0, 0.05) is 6.54 Å². The number of anilines is 1. The molecule has 7 nitrogen and oxygen atoms in total. The van der Waals surface area contributed by atoms with Gasteiger partial charge in [0.2, 0.25) is 11.2 Å². The van der Waals surface area contributed by atoms with Crippen molar-refractivity contribution in [3.8, 4) is 5.95 Å². The number of nitrogens with one attached hydrogen (secondary N) is 1. The average molecular weight is 280 g/mol. The molecule has 1 aliphatic rings. The molecular weight excluding hydrogens is 266 g/mol. The zero-order valence-corrected chi connectivity index (χ0v) is 11.3. The van der Waals surface area contributed by atoms with Gasteiger partial charge < -0.3 is 5.32 Å². The standard InChI is InChI=1S/C11H14ClN7/c1-2-11(3-4-11)5-14-9-16-8(12)17-10(18-9)19-7-13-6-15-19/h6-7H,2-5H2,1H3,(H,14,16,17,18). The van der Waals surface area contributed by atoms with E-state index in [1.165, 1.54) is 30.2 Å². The van der Waals surface area contributed by atoms with E-state index < -0.39 is 0 Å². The van der Waals surface area contributed by atoms with Crippen LogP contribution in [-0.2, 0) is 0 Å². The molecule has 1 aliphatic carbocycles. The molecule has 1 N–H and O–H groups in total. The van der Waals surface area contributed by atoms with Crippen LogP contribution in [0.3, 0.4) is 0 Å². The second kappa shape index (κ2) is 4.73. The van der Waals surface area contributed by atoms with E-state index >= 15 is 0 Å². The number of nitrogens with zero attached hydrogens (tertiary/aromatic N) is 6. The first-order valence-corrected chi connectivity index (χ1v) is 6.59. The van der Waals surface area contributed by atoms with Crippen molar-refractivity contribution >= 4 is 17.5 Å². The summed E-state index contributed by atoms with van der Waals surface area (Å²) in [5.74, 6) is 0.839. The molecule has 3 rings (SSSR count). The molecule has 0 spiro atoms. The van der Waals surface area contributed by atoms with Crippen LogP contribution in [0.25, 0.3) is 5.95 Å². The third-order valence-corrected chi connectivity index (χ3v) is 3.72. The molecule has 19 heavy (non-hydrogen) atoms. The van der Waals surface area contributed by atoms with Gasteiger partial charge in [0.1, 0.15) is 12.7 Å². The molecule has 0 unspecified atom stereocenters. The van der Waals surface area contributed by atoms with Crippen molar-refractivity contribution in [2.45, 2.75) is 26.2 Å². The summed E-state index contributed by atoms with van der Waals surface area (Å²) in [7, 11) is 0. The number of rotatable bonds is 5. The molecule has 100 valence electrons. The molecule has 2 aromatic rings. The number of halogens is 1. The normalized spacial score (nSPS) is 16.3. The average Bonchev–Trinajstić information content (AvgIpc) is 2.98. The van der Waals surface area contributed by atoms with Crippen molar-refractivity contribution in [1.29, 1.82) is 0 Å². The summed E-state index contributed by atoms with van der Waals surface area (Å²) in [6, 6.07) is 0. The highest BCUT2D eigenvalue weighted by molar-refractivity contribution is 6.28. The van der Waals surface area contributed by atoms with E-state index in [9.17, 15) is 0 Å². The van der Waals surface area contributed by atoms with E-state index in [1.54, 1.807) is 0 Å². The van der Waals surface area contributed by atoms with Crippen molar-refractivity contribution in [2.24, 2.45) is 5.41 Å². The van der Waals surface area contributed by atoms with Crippen LogP contribution in [0.15, 0.2) is 12.7 Å². The van der Waals surface area contributed by atoms with Crippen LogP contribution in [0.4, 0.5) is 5.95 Å². The van der Waals surface area contributed by atoms with Crippen molar-refractivity contribution in [3.05, 3.63) is 17.9 Å². The molecule has 1 saturated carbocycles. The van der Waals surface area contributed by atoms with E-state index in [0.29, 0.717) is 17.3 Å². The summed E-state index contributed by atoms with van der Waals surface area (Å²) in [4.78, 5) is 16.2. The van der Waals surface area contributed by atoms with Gasteiger partial charge in [-0.1, -0.05) is 6.92 Å². The molecule has 8 heteroatoms. The largest absolute Gasteiger partial charge is 0.353 e. The summed E-state index contributed by atoms with van der Waals surface area (Å²) >= 11 is 5.90. The predicted molar refractivity (Wildman–Crippen MR) is 70.2 cm³/mol. The number of aromatic nitrogens is 6. The Morgan fingerprint density at radius 3 is 2.84 bits per heavy atom. The first kappa shape index (κ1) is 12.3. The SMILES string of the molecule is CCC1(CNc2nc(Cl)nc(-n3cncn3)n2)CC1. The van der Waals surface area contributed by atoms with Crippen LogP contribution in [0.5, 0.6) is 0 Å². The highest BCUT2D eigenvalue weighted by atomic mass is 35.5. The summed E-state index contributed by atoms with van der Waals surface area (Å²) in [5, 5.41) is 7.35. The van der Waals surface area contributed by atoms with Gasteiger partial charge in [0.15, 0.2) is 0 Å². The second-order valence-electron chi connectivity index (χ2n) is 4.78. The molecule has 0 atom stereocenters. The molecule has 0 aromatic carbocycles. The topological polar surface area (TPSA) is 81.4 Å². The number of hydrogen-bond acceptors (Lipinski definition) is 6. The van der Waals surface area contributed by atoms with E-state index in [1.807, 2.05) is 0 Å². The fourth-order valence-electron chi connectivity index (χ4n) is 1.93. The summed E-state index contributed by atoms with van der Waals surface area (Å²) < 4.78 is 1.45. The Morgan fingerprint density at radius 2 is 2.21 bits per heavy atom. The lowest BCUT2D eigenvalue weighted by molar-refractivity contribution is 0.519. The van der Waals surface area contributed by atoms with Gasteiger partial charge in [-0.3, -0.25) is 0 Å². The molecule has 2 aromatic heterocycles. The molecular formula is C11H14ClN7. The van der Waals surface area contributed by atoms with Crippen LogP contribution in [0.2, 0.25) is 5.28 Å². The third kappa shape index (κ3) is 2.65. The predicted octanol–water partition coefficient (Wildman–Crippen LogP) is 1.71. The minimum atomic E-state index is 0.143. The van der Waals surface area contributed by atoms with E-state index in [0.717, 1.165) is 13.0 Å². The summed E-state index contributed by atoms with van der Waals surface area (Å²) in [6.07, 6.45) is 6.61. The van der Waals surface area contributed by atoms with Crippen molar-refractivity contribution in [3.63, 3.8) is 0 Å². The van der Waals surface area contributed by atoms with Crippen molar-refractivity contribution in [1.82, 2.24) is 29.7 Å². The van der Waals surface area contributed by atoms with Crippen LogP contribution in [0, 0.1) is 5.41 Å². The molecule has 2 heterocycles. The Kier molecular flexibility index (Phi) is 3.06. The van der Waals surface area contributed by atoms with Crippen LogP contribution in [0.1, 0.15) is 26.2 Å². The molecule has 0 saturated heterocycles. The van der Waals surface area contributed by atoms with Gasteiger partial charge in [-0.05, 0) is 36.3 Å². The first-order chi connectivity index (χ1) is 9.21. The molecule has 0 aliphatic heterocycles. The van der Waals surface area contributed by atoms with Gasteiger partial charge in [-0.15, -0.1) is 0 Å². The first-order valence-electron chi connectivity index (χ1n) is 6.21. The maximum absolute atomic E-state index is 5.90. The van der Waals surface area contributed by atoms with Gasteiger partial charge in [-0.2, -0.15) is 24.7 Å². The fourth-order valence-corrected chi connectivity index (χ4v) is 2.09. The Balaban J connectivity index is 1.78. The van der Waals surface area contributed by atoms with Gasteiger partial charge in [-0.25, -0.2) is 4.98 Å². The molecule has 0 bridgehead atoms. The quantitative estimate of drug-likeness (QED) is 0.897. The van der Waals surface area contributed by atoms with E-state index in [4.69, 9.17) is 11.6 Å². The molecule has 1 fully saturated rings. The monoisotopic (exact) mass is 279 g/mol. The maximum Gasteiger partial charge on any atom is 0.258 e. The highest BCUT2D eigenvalue weighted by Gasteiger charge is 2.40. The lowest BCUT2D eigenvalue weighted by Crippen LogP contribution is -2.17. The maximum atomic E-state index is 5.90. The zero-order chi connectivity index (χ0) is 13.3. The Hall–Kier alpha value is -1.76. The minimum Gasteiger partial charge on any atom is -0.353 e. The van der Waals surface area contributed by atoms with Crippen molar-refractivity contribution < 1.29 is 0 Å². The minimum absolute atomic E-state index is 0.143. The lowest BCUT2D eigenvalue weighted by atomic mass is 10.0. The second-order valence-corrected chi connectivity index (χ2v) is 5.11.